The molecule has 3 heteroatoms. The van der Waals surface area contributed by atoms with Gasteiger partial charge in [-0.2, -0.15) is 0 Å². The Hall–Kier alpha value is -1.12. The van der Waals surface area contributed by atoms with Crippen LogP contribution in [0, 0.1) is 11.3 Å². The maximum absolute atomic E-state index is 4.13. The van der Waals surface area contributed by atoms with Gasteiger partial charge in [-0.15, -0.1) is 0 Å². The lowest BCUT2D eigenvalue weighted by atomic mass is 9.38. The zero-order valence-electron chi connectivity index (χ0n) is 13.8. The minimum absolute atomic E-state index is 0.377. The molecule has 2 rings (SSSR count). The predicted molar refractivity (Wildman–Crippen MR) is 90.8 cm³/mol. The first kappa shape index (κ1) is 15.3. The molecule has 110 valence electrons. The standard InChI is InChI=1S/C17H29BN2/c1-7-18(11-17(5,6)12(2)3)16-10-14-13(4)19-9-8-15(14)20-16/h10,12,19-20H,4,7-9,11H2,1-3,5-6H3. The summed E-state index contributed by atoms with van der Waals surface area (Å²) in [6, 6.07) is 2.33. The summed E-state index contributed by atoms with van der Waals surface area (Å²) >= 11 is 0. The number of hydrogen-bond donors (Lipinski definition) is 2. The maximum atomic E-state index is 4.13. The van der Waals surface area contributed by atoms with E-state index in [0.29, 0.717) is 18.0 Å². The van der Waals surface area contributed by atoms with Gasteiger partial charge in [0.15, 0.2) is 6.71 Å². The van der Waals surface area contributed by atoms with Crippen molar-refractivity contribution in [3.05, 3.63) is 23.9 Å². The van der Waals surface area contributed by atoms with Gasteiger partial charge in [0.2, 0.25) is 0 Å². The quantitative estimate of drug-likeness (QED) is 0.788. The van der Waals surface area contributed by atoms with Gasteiger partial charge in [0, 0.05) is 29.9 Å². The summed E-state index contributed by atoms with van der Waals surface area (Å²) in [4.78, 5) is 3.68. The fourth-order valence-corrected chi connectivity index (χ4v) is 2.99. The number of aromatic nitrogens is 1. The molecule has 0 saturated carbocycles. The number of aromatic amines is 1. The molecule has 1 aromatic rings. The Kier molecular flexibility index (Phi) is 4.36. The molecule has 0 fully saturated rings. The Bertz CT molecular complexity index is 485. The van der Waals surface area contributed by atoms with E-state index < -0.39 is 0 Å². The molecule has 0 aromatic carbocycles. The third-order valence-corrected chi connectivity index (χ3v) is 5.23. The smallest absolute Gasteiger partial charge is 0.197 e. The first-order valence-electron chi connectivity index (χ1n) is 8.00. The van der Waals surface area contributed by atoms with Crippen LogP contribution in [0.15, 0.2) is 12.6 Å². The van der Waals surface area contributed by atoms with Gasteiger partial charge in [0.05, 0.1) is 0 Å². The van der Waals surface area contributed by atoms with Crippen LogP contribution < -0.4 is 10.9 Å². The largest absolute Gasteiger partial charge is 0.385 e. The summed E-state index contributed by atoms with van der Waals surface area (Å²) < 4.78 is 0. The summed E-state index contributed by atoms with van der Waals surface area (Å²) in [7, 11) is 0. The van der Waals surface area contributed by atoms with Crippen LogP contribution in [0.25, 0.3) is 5.70 Å². The lowest BCUT2D eigenvalue weighted by Crippen LogP contribution is -2.36. The van der Waals surface area contributed by atoms with Gasteiger partial charge < -0.3 is 10.3 Å². The van der Waals surface area contributed by atoms with E-state index in [1.54, 1.807) is 0 Å². The maximum Gasteiger partial charge on any atom is 0.197 e. The van der Waals surface area contributed by atoms with Crippen molar-refractivity contribution in [2.45, 2.75) is 53.7 Å². The average molecular weight is 272 g/mol. The number of nitrogens with one attached hydrogen (secondary N) is 2. The SMILES string of the molecule is C=C1NCCc2[nH]c(B(CC)CC(C)(C)C(C)C)cc21. The van der Waals surface area contributed by atoms with Gasteiger partial charge in [-0.05, 0) is 23.0 Å². The highest BCUT2D eigenvalue weighted by atomic mass is 14.9. The van der Waals surface area contributed by atoms with E-state index in [9.17, 15) is 0 Å². The van der Waals surface area contributed by atoms with Crippen molar-refractivity contribution in [3.8, 4) is 0 Å². The molecular weight excluding hydrogens is 243 g/mol. The van der Waals surface area contributed by atoms with E-state index >= 15 is 0 Å². The van der Waals surface area contributed by atoms with Gasteiger partial charge in [0.25, 0.3) is 0 Å². The number of rotatable bonds is 5. The highest BCUT2D eigenvalue weighted by Crippen LogP contribution is 2.33. The molecule has 2 heterocycles. The third-order valence-electron chi connectivity index (χ3n) is 5.23. The highest BCUT2D eigenvalue weighted by Gasteiger charge is 2.30. The van der Waals surface area contributed by atoms with Crippen LogP contribution in [-0.4, -0.2) is 18.2 Å². The first-order chi connectivity index (χ1) is 9.35. The zero-order valence-corrected chi connectivity index (χ0v) is 13.8. The molecule has 2 N–H and O–H groups in total. The van der Waals surface area contributed by atoms with E-state index in [4.69, 9.17) is 0 Å². The van der Waals surface area contributed by atoms with Crippen LogP contribution in [0.4, 0.5) is 0 Å². The van der Waals surface area contributed by atoms with Crippen LogP contribution in [0.1, 0.15) is 45.9 Å². The van der Waals surface area contributed by atoms with Crippen LogP contribution in [-0.2, 0) is 6.42 Å². The predicted octanol–water partition coefficient (Wildman–Crippen LogP) is 3.54. The van der Waals surface area contributed by atoms with Crippen LogP contribution in [0.3, 0.4) is 0 Å². The summed E-state index contributed by atoms with van der Waals surface area (Å²) in [6.45, 7) is 17.5. The van der Waals surface area contributed by atoms with Crippen molar-refractivity contribution in [3.63, 3.8) is 0 Å². The summed E-state index contributed by atoms with van der Waals surface area (Å²) in [5, 5.41) is 3.36. The molecule has 20 heavy (non-hydrogen) atoms. The molecule has 0 radical (unpaired) electrons. The van der Waals surface area contributed by atoms with Gasteiger partial charge in [-0.3, -0.25) is 0 Å². The van der Waals surface area contributed by atoms with E-state index in [1.807, 2.05) is 0 Å². The van der Waals surface area contributed by atoms with Gasteiger partial charge in [-0.25, -0.2) is 0 Å². The van der Waals surface area contributed by atoms with E-state index in [1.165, 1.54) is 29.5 Å². The Balaban J connectivity index is 2.22. The highest BCUT2D eigenvalue weighted by molar-refractivity contribution is 6.72. The topological polar surface area (TPSA) is 27.8 Å². The normalized spacial score (nSPS) is 15.2. The minimum Gasteiger partial charge on any atom is -0.385 e. The first-order valence-corrected chi connectivity index (χ1v) is 8.00. The molecular formula is C17H29BN2. The molecule has 2 nitrogen and oxygen atoms in total. The van der Waals surface area contributed by atoms with Crippen molar-refractivity contribution in [2.75, 3.05) is 6.54 Å². The Morgan fingerprint density at radius 2 is 2.10 bits per heavy atom. The van der Waals surface area contributed by atoms with Crippen molar-refractivity contribution in [1.82, 2.24) is 10.3 Å². The summed E-state index contributed by atoms with van der Waals surface area (Å²) in [5.41, 5.74) is 5.51. The van der Waals surface area contributed by atoms with Crippen molar-refractivity contribution in [2.24, 2.45) is 11.3 Å². The average Bonchev–Trinajstić information content (AvgIpc) is 2.81. The van der Waals surface area contributed by atoms with Gasteiger partial charge in [-0.1, -0.05) is 53.8 Å². The second-order valence-corrected chi connectivity index (χ2v) is 7.22. The lowest BCUT2D eigenvalue weighted by Gasteiger charge is -2.31. The zero-order chi connectivity index (χ0) is 14.9. The second-order valence-electron chi connectivity index (χ2n) is 7.22. The second kappa shape index (κ2) is 5.71. The van der Waals surface area contributed by atoms with Crippen molar-refractivity contribution in [1.29, 1.82) is 0 Å². The number of fused-ring (bicyclic) bond motifs is 1. The lowest BCUT2D eigenvalue weighted by molar-refractivity contribution is 0.281. The fourth-order valence-electron chi connectivity index (χ4n) is 2.99. The fraction of sp³-hybridized carbons (Fsp3) is 0.647. The molecule has 0 bridgehead atoms. The van der Waals surface area contributed by atoms with Crippen LogP contribution in [0.2, 0.25) is 12.6 Å². The van der Waals surface area contributed by atoms with Crippen molar-refractivity contribution < 1.29 is 0 Å². The van der Waals surface area contributed by atoms with E-state index in [2.05, 4.69) is 57.6 Å². The van der Waals surface area contributed by atoms with Gasteiger partial charge in [0.1, 0.15) is 0 Å². The van der Waals surface area contributed by atoms with E-state index in [0.717, 1.165) is 18.7 Å². The molecule has 0 aliphatic carbocycles. The Morgan fingerprint density at radius 1 is 1.40 bits per heavy atom. The number of hydrogen-bond acceptors (Lipinski definition) is 1. The summed E-state index contributed by atoms with van der Waals surface area (Å²) in [6.07, 6.45) is 3.51. The Labute approximate surface area is 124 Å². The number of H-pyrrole nitrogens is 1. The molecule has 1 aliphatic rings. The molecule has 0 saturated heterocycles. The van der Waals surface area contributed by atoms with Gasteiger partial charge >= 0.3 is 0 Å². The minimum atomic E-state index is 0.377. The monoisotopic (exact) mass is 272 g/mol. The summed E-state index contributed by atoms with van der Waals surface area (Å²) in [5.74, 6) is 0.706. The van der Waals surface area contributed by atoms with E-state index in [-0.39, 0.29) is 0 Å². The van der Waals surface area contributed by atoms with Crippen LogP contribution in [0.5, 0.6) is 0 Å². The third kappa shape index (κ3) is 2.97. The molecule has 0 unspecified atom stereocenters. The molecule has 0 atom stereocenters. The Morgan fingerprint density at radius 3 is 2.65 bits per heavy atom. The molecule has 0 spiro atoms. The molecule has 1 aliphatic heterocycles. The van der Waals surface area contributed by atoms with Crippen molar-refractivity contribution >= 4 is 18.0 Å². The molecule has 1 aromatic heterocycles. The van der Waals surface area contributed by atoms with Crippen LogP contribution >= 0.6 is 0 Å². The molecule has 0 amide bonds.